The van der Waals surface area contributed by atoms with E-state index in [1.807, 2.05) is 26.0 Å². The molecule has 9 rings (SSSR count). The zero-order valence-electron chi connectivity index (χ0n) is 62.6. The number of benzene rings is 2. The van der Waals surface area contributed by atoms with Crippen LogP contribution >= 0.6 is 22.9 Å². The van der Waals surface area contributed by atoms with Crippen molar-refractivity contribution in [1.82, 2.24) is 59.1 Å². The van der Waals surface area contributed by atoms with Crippen molar-refractivity contribution in [3.05, 3.63) is 153 Å². The molecule has 0 bridgehead atoms. The Bertz CT molecular complexity index is 4690. The average Bonchev–Trinajstić information content (AvgIpc) is 1.60. The molecule has 1 aliphatic heterocycles. The molecule has 7 heterocycles. The van der Waals surface area contributed by atoms with Gasteiger partial charge in [0.1, 0.15) is 46.5 Å². The number of aryl methyl sites for hydroxylation is 6. The van der Waals surface area contributed by atoms with E-state index in [-0.39, 0.29) is 128 Å². The van der Waals surface area contributed by atoms with Crippen LogP contribution in [0.5, 0.6) is 5.75 Å². The molecule has 38 heteroatoms. The van der Waals surface area contributed by atoms with Crippen molar-refractivity contribution in [2.45, 2.75) is 52.5 Å². The Balaban J connectivity index is 0.542. The molecule has 0 unspecified atom stereocenters. The fourth-order valence-electron chi connectivity index (χ4n) is 11.2. The van der Waals surface area contributed by atoms with Crippen LogP contribution in [0.25, 0.3) is 0 Å². The van der Waals surface area contributed by atoms with E-state index in [0.717, 1.165) is 26.6 Å². The van der Waals surface area contributed by atoms with Gasteiger partial charge in [0.15, 0.2) is 17.5 Å². The van der Waals surface area contributed by atoms with Crippen molar-refractivity contribution in [1.29, 1.82) is 10.8 Å². The number of anilines is 6. The first-order chi connectivity index (χ1) is 53.3. The third-order valence-electron chi connectivity index (χ3n) is 16.8. The van der Waals surface area contributed by atoms with Crippen molar-refractivity contribution in [2.24, 2.45) is 40.2 Å². The number of halogens is 1. The van der Waals surface area contributed by atoms with Gasteiger partial charge in [-0.3, -0.25) is 63.9 Å². The lowest BCUT2D eigenvalue weighted by molar-refractivity contribution is -0.121. The molecule has 6 aromatic heterocycles. The van der Waals surface area contributed by atoms with E-state index in [1.165, 1.54) is 66.5 Å². The second kappa shape index (κ2) is 40.6. The Morgan fingerprint density at radius 3 is 1.51 bits per heavy atom. The number of aromatic nitrogens is 8. The number of nitrogens with one attached hydrogen (secondary N) is 11. The quantitative estimate of drug-likeness (QED) is 0.0131. The van der Waals surface area contributed by atoms with Gasteiger partial charge in [0, 0.05) is 145 Å². The number of rotatable bonds is 41. The number of ether oxygens (including phenoxy) is 6. The van der Waals surface area contributed by atoms with Crippen LogP contribution in [-0.2, 0) is 78.1 Å². The highest BCUT2D eigenvalue weighted by molar-refractivity contribution is 7.17. The van der Waals surface area contributed by atoms with E-state index >= 15 is 0 Å². The highest BCUT2D eigenvalue weighted by Crippen LogP contribution is 2.40. The Morgan fingerprint density at radius 1 is 0.514 bits per heavy atom. The zero-order valence-corrected chi connectivity index (χ0v) is 64.2. The summed E-state index contributed by atoms with van der Waals surface area (Å²) in [6, 6.07) is 16.3. The van der Waals surface area contributed by atoms with Gasteiger partial charge in [-0.1, -0.05) is 23.7 Å². The number of amides is 9. The third-order valence-corrected chi connectivity index (χ3v) is 18.2. The molecule has 0 aliphatic carbocycles. The lowest BCUT2D eigenvalue weighted by Crippen LogP contribution is -2.41. The van der Waals surface area contributed by atoms with E-state index < -0.39 is 47.4 Å². The highest BCUT2D eigenvalue weighted by atomic mass is 35.5. The maximum atomic E-state index is 13.5. The number of thiophene rings is 1. The summed E-state index contributed by atoms with van der Waals surface area (Å²) in [6.07, 6.45) is 8.67. The summed E-state index contributed by atoms with van der Waals surface area (Å²) in [5, 5.41) is 43.3. The lowest BCUT2D eigenvalue weighted by atomic mass is 9.99. The topological polar surface area (TPSA) is 444 Å². The minimum atomic E-state index is -0.866. The molecule has 1 atom stereocenters. The molecule has 0 saturated heterocycles. The minimum Gasteiger partial charge on any atom is -0.491 e. The van der Waals surface area contributed by atoms with E-state index in [4.69, 9.17) is 55.8 Å². The summed E-state index contributed by atoms with van der Waals surface area (Å²) in [6.45, 7) is 9.47. The number of aliphatic imine (C=N–C) groups is 1. The number of carbonyl (C=O) groups is 9. The van der Waals surface area contributed by atoms with Gasteiger partial charge in [-0.2, -0.15) is 0 Å². The van der Waals surface area contributed by atoms with E-state index in [9.17, 15) is 43.2 Å². The van der Waals surface area contributed by atoms with Crippen LogP contribution in [0.15, 0.2) is 103 Å². The molecule has 590 valence electrons. The normalized spacial score (nSPS) is 12.5. The highest BCUT2D eigenvalue weighted by Gasteiger charge is 2.35. The van der Waals surface area contributed by atoms with Gasteiger partial charge in [0.25, 0.3) is 29.5 Å². The summed E-state index contributed by atoms with van der Waals surface area (Å²) in [7, 11) is 8.03. The first-order valence-electron chi connectivity index (χ1n) is 35.3. The van der Waals surface area contributed by atoms with Gasteiger partial charge in [0.2, 0.25) is 35.3 Å². The van der Waals surface area contributed by atoms with Crippen molar-refractivity contribution < 1.29 is 71.6 Å². The molecule has 0 spiro atoms. The molecule has 1 aliphatic rings. The Labute approximate surface area is 647 Å². The summed E-state index contributed by atoms with van der Waals surface area (Å²) < 4.78 is 41.0. The summed E-state index contributed by atoms with van der Waals surface area (Å²) in [4.78, 5) is 136. The van der Waals surface area contributed by atoms with Crippen LogP contribution < -0.4 is 57.5 Å². The number of amidine groups is 2. The second-order valence-corrected chi connectivity index (χ2v) is 26.9. The Morgan fingerprint density at radius 2 is 1.00 bits per heavy atom. The van der Waals surface area contributed by atoms with Crippen LogP contribution in [0.2, 0.25) is 5.02 Å². The van der Waals surface area contributed by atoms with Crippen LogP contribution in [0.4, 0.5) is 33.7 Å². The largest absolute Gasteiger partial charge is 0.491 e. The SMILES string of the molecule is CC(=N)N1C(=N)[C@H](CC(=O)Nc2ccc(OCCOCCOCCOCCOCCOCCNC(=O)CCNC(=O)c3nc(NC(=O)CCNC(=O)c4cc(NC(=O)c5nc(NC(=O)CCNC(=O)c6cc(NC(=O)c7nccn7C)cn6C)cn5C)cn4C)cn3C)cc2)N=C(c2ccc(Cl)cc2)c2c1sc(C)c2C. The third kappa shape index (κ3) is 24.1. The van der Waals surface area contributed by atoms with Gasteiger partial charge in [-0.05, 0) is 74.9 Å². The number of fused-ring (bicyclic) bond motifs is 1. The predicted molar refractivity (Wildman–Crippen MR) is 415 cm³/mol. The number of carbonyl (C=O) groups excluding carboxylic acids is 9. The van der Waals surface area contributed by atoms with Crippen molar-refractivity contribution in [3.8, 4) is 5.75 Å². The molecule has 11 N–H and O–H groups in total. The van der Waals surface area contributed by atoms with Crippen LogP contribution in [0, 0.1) is 24.7 Å². The first kappa shape index (κ1) is 83.3. The maximum absolute atomic E-state index is 13.5. The molecular weight excluding hydrogens is 1480 g/mol. The van der Waals surface area contributed by atoms with Gasteiger partial charge in [-0.15, -0.1) is 11.3 Å². The van der Waals surface area contributed by atoms with Gasteiger partial charge in [-0.25, -0.2) is 15.0 Å². The molecule has 8 aromatic rings. The van der Waals surface area contributed by atoms with Gasteiger partial charge < -0.3 is 99.1 Å². The van der Waals surface area contributed by atoms with Gasteiger partial charge in [0.05, 0.1) is 89.6 Å². The predicted octanol–water partition coefficient (Wildman–Crippen LogP) is 5.34. The van der Waals surface area contributed by atoms with Crippen molar-refractivity contribution in [3.63, 3.8) is 0 Å². The monoisotopic (exact) mass is 1570 g/mol. The smallest absolute Gasteiger partial charge is 0.291 e. The summed E-state index contributed by atoms with van der Waals surface area (Å²) in [5.74, 6) is -3.24. The standard InChI is InChI=1S/C73H90ClN21O15S/c1-44-45(2)111-73-62(44)63(47-9-11-48(74)12-10-47)85-53(64(76)95(73)46(3)75)39-61(99)82-49-13-15-52(16-14-49)110-36-35-109-34-33-108-32-31-107-30-29-106-28-27-105-26-24-77-58(96)17-20-81-70(102)66-88-56(42-93(66)7)86-59(97)18-21-80-69(101)55-38-51(41-92(55)6)84-72(104)67-89-57(43-94(67)8)87-60(98)19-22-79-68(100)54-37-50(40-91(54)5)83-71(103)65-78-23-25-90(65)4/h9-16,23,25,37-38,40-43,53,75-76H,17-22,24,26-36,39H2,1-8H3,(H,77,96)(H,79,100)(H,80,101)(H,81,102)(H,82,99)(H,83,103)(H,84,104)(H,86,97)(H,87,98)/t53-/m0/s1. The van der Waals surface area contributed by atoms with E-state index in [0.29, 0.717) is 93.9 Å². The minimum absolute atomic E-state index is 0.0124. The summed E-state index contributed by atoms with van der Waals surface area (Å²) >= 11 is 7.71. The fourth-order valence-corrected chi connectivity index (χ4v) is 12.5. The molecular formula is C73H90ClN21O15S. The lowest BCUT2D eigenvalue weighted by Gasteiger charge is -2.24. The number of hydrogen-bond donors (Lipinski definition) is 11. The van der Waals surface area contributed by atoms with Crippen molar-refractivity contribution >= 4 is 127 Å². The Hall–Kier alpha value is -11.7. The van der Waals surface area contributed by atoms with E-state index in [2.05, 4.69) is 62.8 Å². The fraction of sp³-hybridized carbons (Fsp3) is 0.384. The second-order valence-electron chi connectivity index (χ2n) is 25.3. The molecule has 0 fully saturated rings. The Kier molecular flexibility index (Phi) is 30.5. The van der Waals surface area contributed by atoms with Gasteiger partial charge >= 0.3 is 0 Å². The van der Waals surface area contributed by atoms with E-state index in [1.54, 1.807) is 100 Å². The van der Waals surface area contributed by atoms with Crippen LogP contribution in [0.3, 0.4) is 0 Å². The molecule has 36 nitrogen and oxygen atoms in total. The number of nitrogens with zero attached hydrogens (tertiary/aromatic N) is 10. The number of hydrogen-bond acceptors (Lipinski definition) is 22. The molecule has 9 amide bonds. The molecule has 0 radical (unpaired) electrons. The average molecular weight is 1570 g/mol. The number of imidazole rings is 3. The van der Waals surface area contributed by atoms with Crippen LogP contribution in [0.1, 0.15) is 107 Å². The first-order valence-corrected chi connectivity index (χ1v) is 36.5. The molecule has 2 aromatic carbocycles. The zero-order chi connectivity index (χ0) is 79.7. The molecule has 111 heavy (non-hydrogen) atoms. The van der Waals surface area contributed by atoms with Crippen molar-refractivity contribution in [2.75, 3.05) is 130 Å². The maximum Gasteiger partial charge on any atom is 0.291 e. The summed E-state index contributed by atoms with van der Waals surface area (Å²) in [5.41, 5.74) is 4.86. The van der Waals surface area contributed by atoms with Crippen LogP contribution in [-0.4, -0.2) is 213 Å². The molecule has 0 saturated carbocycles.